The number of nitrogens with zero attached hydrogens (tertiary/aromatic N) is 1. The molecule has 0 amide bonds. The molecule has 0 aromatic heterocycles. The second-order valence-electron chi connectivity index (χ2n) is 5.26. The van der Waals surface area contributed by atoms with E-state index in [1.54, 1.807) is 0 Å². The van der Waals surface area contributed by atoms with E-state index in [-0.39, 0.29) is 12.1 Å². The number of rotatable bonds is 4. The first-order valence-corrected chi connectivity index (χ1v) is 6.97. The predicted octanol–water partition coefficient (Wildman–Crippen LogP) is 0.851. The summed E-state index contributed by atoms with van der Waals surface area (Å²) >= 11 is 0. The molecule has 2 heterocycles. The van der Waals surface area contributed by atoms with Crippen LogP contribution in [0.2, 0.25) is 0 Å². The summed E-state index contributed by atoms with van der Waals surface area (Å²) in [7, 11) is 0. The minimum Gasteiger partial charge on any atom is -0.381 e. The largest absolute Gasteiger partial charge is 0.381 e. The van der Waals surface area contributed by atoms with E-state index in [1.165, 1.54) is 0 Å². The molecule has 2 N–H and O–H groups in total. The summed E-state index contributed by atoms with van der Waals surface area (Å²) in [6, 6.07) is 0.187. The van der Waals surface area contributed by atoms with Crippen molar-refractivity contribution < 1.29 is 9.47 Å². The van der Waals surface area contributed by atoms with Gasteiger partial charge in [-0.1, -0.05) is 6.92 Å². The Balaban J connectivity index is 1.75. The third kappa shape index (κ3) is 3.91. The molecule has 2 rings (SSSR count). The number of hydrogen-bond donors (Lipinski definition) is 1. The van der Waals surface area contributed by atoms with Crippen molar-refractivity contribution in [2.45, 2.75) is 38.3 Å². The number of morpholine rings is 1. The van der Waals surface area contributed by atoms with Crippen LogP contribution in [0.4, 0.5) is 0 Å². The molecule has 0 aliphatic carbocycles. The van der Waals surface area contributed by atoms with E-state index < -0.39 is 0 Å². The molecule has 4 nitrogen and oxygen atoms in total. The topological polar surface area (TPSA) is 47.7 Å². The van der Waals surface area contributed by atoms with Crippen LogP contribution in [-0.4, -0.2) is 56.5 Å². The molecule has 2 aliphatic rings. The summed E-state index contributed by atoms with van der Waals surface area (Å²) in [5.41, 5.74) is 6.30. The van der Waals surface area contributed by atoms with Gasteiger partial charge in [0.05, 0.1) is 12.7 Å². The van der Waals surface area contributed by atoms with E-state index in [2.05, 4.69) is 11.8 Å². The molecule has 0 spiro atoms. The van der Waals surface area contributed by atoms with Crippen LogP contribution in [0, 0.1) is 5.92 Å². The van der Waals surface area contributed by atoms with Crippen LogP contribution in [0.5, 0.6) is 0 Å². The predicted molar refractivity (Wildman–Crippen MR) is 68.0 cm³/mol. The van der Waals surface area contributed by atoms with Crippen LogP contribution in [0.1, 0.15) is 26.2 Å². The zero-order valence-corrected chi connectivity index (χ0v) is 10.9. The Hall–Kier alpha value is -0.160. The summed E-state index contributed by atoms with van der Waals surface area (Å²) < 4.78 is 11.2. The Labute approximate surface area is 104 Å². The van der Waals surface area contributed by atoms with Crippen molar-refractivity contribution in [3.05, 3.63) is 0 Å². The number of hydrogen-bond acceptors (Lipinski definition) is 4. The fourth-order valence-corrected chi connectivity index (χ4v) is 2.80. The maximum Gasteiger partial charge on any atom is 0.0853 e. The quantitative estimate of drug-likeness (QED) is 0.794. The van der Waals surface area contributed by atoms with Gasteiger partial charge in [0.25, 0.3) is 0 Å². The molecule has 4 heteroatoms. The minimum absolute atomic E-state index is 0.187. The van der Waals surface area contributed by atoms with E-state index in [0.717, 1.165) is 64.6 Å². The smallest absolute Gasteiger partial charge is 0.0853 e. The van der Waals surface area contributed by atoms with Gasteiger partial charge in [-0.3, -0.25) is 4.90 Å². The molecule has 2 fully saturated rings. The van der Waals surface area contributed by atoms with Crippen molar-refractivity contribution in [2.75, 3.05) is 39.5 Å². The Morgan fingerprint density at radius 1 is 1.29 bits per heavy atom. The van der Waals surface area contributed by atoms with Gasteiger partial charge in [-0.15, -0.1) is 0 Å². The first-order chi connectivity index (χ1) is 8.29. The van der Waals surface area contributed by atoms with E-state index in [4.69, 9.17) is 15.2 Å². The van der Waals surface area contributed by atoms with E-state index in [0.29, 0.717) is 0 Å². The maximum absolute atomic E-state index is 6.30. The molecule has 0 radical (unpaired) electrons. The van der Waals surface area contributed by atoms with E-state index in [9.17, 15) is 0 Å². The van der Waals surface area contributed by atoms with Crippen molar-refractivity contribution in [3.63, 3.8) is 0 Å². The van der Waals surface area contributed by atoms with Gasteiger partial charge < -0.3 is 15.2 Å². The highest BCUT2D eigenvalue weighted by atomic mass is 16.5. The standard InChI is InChI=1S/C13H26N2O2/c1-2-15-5-8-17-13(10-15)12(14)9-11-3-6-16-7-4-11/h11-13H,2-10,14H2,1H3. The zero-order valence-electron chi connectivity index (χ0n) is 10.9. The van der Waals surface area contributed by atoms with Gasteiger partial charge in [-0.2, -0.15) is 0 Å². The highest BCUT2D eigenvalue weighted by molar-refractivity contribution is 4.82. The van der Waals surface area contributed by atoms with Gasteiger partial charge in [-0.25, -0.2) is 0 Å². The Morgan fingerprint density at radius 2 is 2.06 bits per heavy atom. The van der Waals surface area contributed by atoms with E-state index in [1.807, 2.05) is 0 Å². The summed E-state index contributed by atoms with van der Waals surface area (Å²) in [6.07, 6.45) is 3.65. The lowest BCUT2D eigenvalue weighted by Crippen LogP contribution is -2.51. The molecule has 2 aliphatic heterocycles. The minimum atomic E-state index is 0.187. The van der Waals surface area contributed by atoms with Crippen molar-refractivity contribution in [1.82, 2.24) is 4.90 Å². The molecule has 0 aromatic carbocycles. The van der Waals surface area contributed by atoms with Gasteiger partial charge in [0.15, 0.2) is 0 Å². The van der Waals surface area contributed by atoms with Crippen LogP contribution in [-0.2, 0) is 9.47 Å². The molecule has 0 bridgehead atoms. The van der Waals surface area contributed by atoms with Crippen molar-refractivity contribution >= 4 is 0 Å². The van der Waals surface area contributed by atoms with Gasteiger partial charge in [-0.05, 0) is 31.7 Å². The monoisotopic (exact) mass is 242 g/mol. The third-order valence-electron chi connectivity index (χ3n) is 4.05. The lowest BCUT2D eigenvalue weighted by molar-refractivity contribution is -0.0449. The summed E-state index contributed by atoms with van der Waals surface area (Å²) in [4.78, 5) is 2.43. The van der Waals surface area contributed by atoms with Crippen molar-refractivity contribution in [1.29, 1.82) is 0 Å². The SMILES string of the molecule is CCN1CCOC(C(N)CC2CCOCC2)C1. The third-order valence-corrected chi connectivity index (χ3v) is 4.05. The number of nitrogens with two attached hydrogens (primary N) is 1. The van der Waals surface area contributed by atoms with Gasteiger partial charge >= 0.3 is 0 Å². The molecule has 0 saturated carbocycles. The molecule has 100 valence electrons. The first kappa shape index (κ1) is 13.3. The molecule has 0 aromatic rings. The van der Waals surface area contributed by atoms with Gasteiger partial charge in [0.2, 0.25) is 0 Å². The summed E-state index contributed by atoms with van der Waals surface area (Å²) in [5, 5.41) is 0. The fraction of sp³-hybridized carbons (Fsp3) is 1.00. The number of likely N-dealkylation sites (N-methyl/N-ethyl adjacent to an activating group) is 1. The summed E-state index contributed by atoms with van der Waals surface area (Å²) in [5.74, 6) is 0.736. The second kappa shape index (κ2) is 6.69. The van der Waals surface area contributed by atoms with Gasteiger partial charge in [0.1, 0.15) is 0 Å². The molecular formula is C13H26N2O2. The van der Waals surface area contributed by atoms with Crippen LogP contribution in [0.25, 0.3) is 0 Å². The Bertz CT molecular complexity index is 219. The van der Waals surface area contributed by atoms with Gasteiger partial charge in [0, 0.05) is 32.3 Å². The zero-order chi connectivity index (χ0) is 12.1. The Morgan fingerprint density at radius 3 is 2.76 bits per heavy atom. The highest BCUT2D eigenvalue weighted by Crippen LogP contribution is 2.22. The van der Waals surface area contributed by atoms with Crippen LogP contribution in [0.15, 0.2) is 0 Å². The molecule has 17 heavy (non-hydrogen) atoms. The van der Waals surface area contributed by atoms with Crippen LogP contribution in [0.3, 0.4) is 0 Å². The molecule has 2 saturated heterocycles. The molecular weight excluding hydrogens is 216 g/mol. The summed E-state index contributed by atoms with van der Waals surface area (Å²) in [6.45, 7) is 8.00. The van der Waals surface area contributed by atoms with Crippen molar-refractivity contribution in [2.24, 2.45) is 11.7 Å². The van der Waals surface area contributed by atoms with Crippen molar-refractivity contribution in [3.8, 4) is 0 Å². The molecule has 2 unspecified atom stereocenters. The average Bonchev–Trinajstić information content (AvgIpc) is 2.40. The average molecular weight is 242 g/mol. The van der Waals surface area contributed by atoms with Crippen LogP contribution >= 0.6 is 0 Å². The first-order valence-electron chi connectivity index (χ1n) is 6.97. The van der Waals surface area contributed by atoms with E-state index >= 15 is 0 Å². The molecule has 2 atom stereocenters. The fourth-order valence-electron chi connectivity index (χ4n) is 2.80. The van der Waals surface area contributed by atoms with Crippen LogP contribution < -0.4 is 5.73 Å². The number of ether oxygens (including phenoxy) is 2. The Kier molecular flexibility index (Phi) is 5.22. The normalized spacial score (nSPS) is 30.4. The lowest BCUT2D eigenvalue weighted by atomic mass is 9.90. The second-order valence-corrected chi connectivity index (χ2v) is 5.26. The highest BCUT2D eigenvalue weighted by Gasteiger charge is 2.27. The lowest BCUT2D eigenvalue weighted by Gasteiger charge is -2.36. The maximum atomic E-state index is 6.30.